The van der Waals surface area contributed by atoms with Crippen LogP contribution in [0, 0.1) is 0 Å². The van der Waals surface area contributed by atoms with Crippen molar-refractivity contribution < 1.29 is 105 Å². The van der Waals surface area contributed by atoms with Gasteiger partial charge in [-0.2, -0.15) is 87.6 Å². The molecule has 10 nitrogen and oxygen atoms in total. The molecule has 0 radical (unpaired) electrons. The summed E-state index contributed by atoms with van der Waals surface area (Å²) >= 11 is 0. The first-order valence-electron chi connectivity index (χ1n) is 15.4. The summed E-state index contributed by atoms with van der Waals surface area (Å²) in [5.41, 5.74) is 0. The zero-order chi connectivity index (χ0) is 43.1. The highest BCUT2D eigenvalue weighted by Crippen LogP contribution is 2.56. The van der Waals surface area contributed by atoms with Crippen molar-refractivity contribution in [3.05, 3.63) is 0 Å². The highest BCUT2D eigenvalue weighted by molar-refractivity contribution is 7.90. The minimum atomic E-state index is -7.44. The third kappa shape index (κ3) is 8.84. The minimum absolute atomic E-state index is 0.136. The van der Waals surface area contributed by atoms with Crippen LogP contribution in [-0.4, -0.2) is 146 Å². The summed E-state index contributed by atoms with van der Waals surface area (Å²) < 4.78 is 285. The van der Waals surface area contributed by atoms with Crippen molar-refractivity contribution in [3.63, 3.8) is 0 Å². The molecule has 2 rings (SSSR count). The minimum Gasteiger partial charge on any atom is -0.340 e. The number of rotatable bonds is 16. The third-order valence-corrected chi connectivity index (χ3v) is 12.4. The largest absolute Gasteiger partial charge is 0.460 e. The molecule has 2 aliphatic rings. The smallest absolute Gasteiger partial charge is 0.340 e. The molecule has 2 fully saturated rings. The predicted molar refractivity (Wildman–Crippen MR) is 148 cm³/mol. The maximum atomic E-state index is 14.1. The molecule has 0 unspecified atom stereocenters. The second-order valence-electron chi connectivity index (χ2n) is 12.2. The van der Waals surface area contributed by atoms with Crippen LogP contribution in [-0.2, 0) is 29.6 Å². The summed E-state index contributed by atoms with van der Waals surface area (Å²) in [7, 11) is -13.6. The SMILES string of the molecule is O=C(CCCCCCCC(=O)N1CCN(S(=O)(=O)C(F)(F)C(F)(F)C(F)(F)C(F)(F)F)CC1)N1CCN(S(=O)(=O)C(F)(F)C(F)(F)C(F)(F)C(F)(F)F)CC1. The Hall–Kier alpha value is -2.50. The molecule has 2 saturated heterocycles. The van der Waals surface area contributed by atoms with Gasteiger partial charge in [0, 0.05) is 65.2 Å². The summed E-state index contributed by atoms with van der Waals surface area (Å²) in [6.45, 7) is -7.50. The lowest BCUT2D eigenvalue weighted by Gasteiger charge is -2.38. The van der Waals surface area contributed by atoms with Gasteiger partial charge >= 0.3 is 46.6 Å². The Morgan fingerprint density at radius 1 is 0.382 bits per heavy atom. The lowest BCUT2D eigenvalue weighted by Crippen LogP contribution is -2.66. The lowest BCUT2D eigenvalue weighted by molar-refractivity contribution is -0.382. The van der Waals surface area contributed by atoms with E-state index >= 15 is 0 Å². The monoisotopic (exact) mass is 888 g/mol. The van der Waals surface area contributed by atoms with Crippen molar-refractivity contribution in [1.82, 2.24) is 18.4 Å². The molecule has 0 aromatic heterocycles. The van der Waals surface area contributed by atoms with Crippen molar-refractivity contribution >= 4 is 31.9 Å². The highest BCUT2D eigenvalue weighted by atomic mass is 32.2. The fourth-order valence-electron chi connectivity index (χ4n) is 5.12. The van der Waals surface area contributed by atoms with Crippen LogP contribution in [0.4, 0.5) is 79.0 Å². The quantitative estimate of drug-likeness (QED) is 0.149. The number of halogens is 18. The highest BCUT2D eigenvalue weighted by Gasteiger charge is 2.87. The van der Waals surface area contributed by atoms with E-state index in [1.165, 1.54) is 0 Å². The summed E-state index contributed by atoms with van der Waals surface area (Å²) in [5, 5.41) is -13.8. The van der Waals surface area contributed by atoms with Gasteiger partial charge in [-0.1, -0.05) is 19.3 Å². The van der Waals surface area contributed by atoms with Crippen LogP contribution < -0.4 is 0 Å². The van der Waals surface area contributed by atoms with E-state index in [1.807, 2.05) is 0 Å². The first kappa shape index (κ1) is 48.6. The van der Waals surface area contributed by atoms with Gasteiger partial charge in [-0.15, -0.1) is 0 Å². The molecule has 0 spiro atoms. The number of nitrogens with zero attached hydrogens (tertiary/aromatic N) is 4. The van der Waals surface area contributed by atoms with Gasteiger partial charge in [-0.05, 0) is 12.8 Å². The van der Waals surface area contributed by atoms with Crippen molar-refractivity contribution in [2.75, 3.05) is 52.4 Å². The number of hydrogen-bond donors (Lipinski definition) is 0. The maximum Gasteiger partial charge on any atom is 0.460 e. The fourth-order valence-corrected chi connectivity index (χ4v) is 7.97. The summed E-state index contributed by atoms with van der Waals surface area (Å²) in [6.07, 6.45) is -13.8. The van der Waals surface area contributed by atoms with Crippen LogP contribution in [0.2, 0.25) is 0 Å². The van der Waals surface area contributed by atoms with Gasteiger partial charge in [-0.3, -0.25) is 9.59 Å². The molecule has 0 aromatic rings. The van der Waals surface area contributed by atoms with E-state index in [0.717, 1.165) is 9.80 Å². The van der Waals surface area contributed by atoms with Crippen molar-refractivity contribution in [2.24, 2.45) is 0 Å². The van der Waals surface area contributed by atoms with Crippen molar-refractivity contribution in [1.29, 1.82) is 0 Å². The Kier molecular flexibility index (Phi) is 14.2. The number of sulfonamides is 2. The van der Waals surface area contributed by atoms with E-state index in [4.69, 9.17) is 0 Å². The molecule has 30 heteroatoms. The van der Waals surface area contributed by atoms with E-state index in [-0.39, 0.29) is 25.7 Å². The number of unbranched alkanes of at least 4 members (excludes halogenated alkanes) is 4. The molecule has 0 atom stereocenters. The van der Waals surface area contributed by atoms with Crippen molar-refractivity contribution in [2.45, 2.75) is 91.5 Å². The molecule has 0 aromatic carbocycles. The lowest BCUT2D eigenvalue weighted by atomic mass is 10.1. The van der Waals surface area contributed by atoms with Gasteiger partial charge in [0.1, 0.15) is 0 Å². The normalized spacial score (nSPS) is 18.9. The van der Waals surface area contributed by atoms with E-state index in [9.17, 15) is 105 Å². The predicted octanol–water partition coefficient (Wildman–Crippen LogP) is 5.52. The summed E-state index contributed by atoms with van der Waals surface area (Å²) in [6, 6.07) is 0. The standard InChI is InChI=1S/C25H30F18N4O6S2/c26-18(27,22(34,35)36)20(30,31)24(40,41)54(50,51)46-12-8-44(9-13-46)16(48)6-4-2-1-3-5-7-17(49)45-10-14-47(15-11-45)55(52,53)25(42,43)21(32,33)19(28,29)23(37,38)39/h1-15H2. The average Bonchev–Trinajstić information content (AvgIpc) is 3.06. The van der Waals surface area contributed by atoms with Gasteiger partial charge in [0.2, 0.25) is 11.8 Å². The molecule has 2 amide bonds. The summed E-state index contributed by atoms with van der Waals surface area (Å²) in [4.78, 5) is 26.6. The maximum absolute atomic E-state index is 14.1. The molecule has 55 heavy (non-hydrogen) atoms. The number of carbonyl (C=O) groups is 2. The molecule has 2 heterocycles. The molecular formula is C25H30F18N4O6S2. The van der Waals surface area contributed by atoms with E-state index in [2.05, 4.69) is 0 Å². The van der Waals surface area contributed by atoms with E-state index in [1.54, 1.807) is 0 Å². The van der Waals surface area contributed by atoms with Gasteiger partial charge in [0.15, 0.2) is 0 Å². The Labute approximate surface area is 299 Å². The van der Waals surface area contributed by atoms with E-state index in [0.29, 0.717) is 19.3 Å². The molecule has 0 aliphatic carbocycles. The van der Waals surface area contributed by atoms with Gasteiger partial charge in [0.05, 0.1) is 0 Å². The van der Waals surface area contributed by atoms with Crippen LogP contribution in [0.1, 0.15) is 44.9 Å². The molecule has 0 saturated carbocycles. The second-order valence-corrected chi connectivity index (χ2v) is 16.1. The van der Waals surface area contributed by atoms with Gasteiger partial charge in [-0.25, -0.2) is 16.8 Å². The Bertz CT molecular complexity index is 1470. The number of carbonyl (C=O) groups excluding carboxylic acids is 2. The molecular weight excluding hydrogens is 858 g/mol. The van der Waals surface area contributed by atoms with Crippen LogP contribution in [0.25, 0.3) is 0 Å². The fraction of sp³-hybridized carbons (Fsp3) is 0.920. The average molecular weight is 889 g/mol. The first-order valence-corrected chi connectivity index (χ1v) is 18.3. The Balaban J connectivity index is 1.77. The summed E-state index contributed by atoms with van der Waals surface area (Å²) in [5.74, 6) is -31.1. The first-order chi connectivity index (χ1) is 24.5. The number of piperazine rings is 2. The van der Waals surface area contributed by atoms with Crippen LogP contribution in [0.5, 0.6) is 0 Å². The Morgan fingerprint density at radius 2 is 0.618 bits per heavy atom. The number of hydrogen-bond acceptors (Lipinski definition) is 6. The topological polar surface area (TPSA) is 115 Å². The molecule has 0 bridgehead atoms. The number of amides is 2. The number of alkyl halides is 18. The van der Waals surface area contributed by atoms with Crippen LogP contribution >= 0.6 is 0 Å². The van der Waals surface area contributed by atoms with Crippen LogP contribution in [0.15, 0.2) is 0 Å². The third-order valence-electron chi connectivity index (χ3n) is 8.52. The second kappa shape index (κ2) is 16.0. The molecule has 324 valence electrons. The van der Waals surface area contributed by atoms with E-state index < -0.39 is 139 Å². The zero-order valence-corrected chi connectivity index (χ0v) is 29.1. The zero-order valence-electron chi connectivity index (χ0n) is 27.5. The molecule has 0 N–H and O–H groups in total. The van der Waals surface area contributed by atoms with Gasteiger partial charge < -0.3 is 9.80 Å². The Morgan fingerprint density at radius 3 is 0.855 bits per heavy atom. The van der Waals surface area contributed by atoms with Crippen molar-refractivity contribution in [3.8, 4) is 0 Å². The molecule has 2 aliphatic heterocycles. The van der Waals surface area contributed by atoms with Gasteiger partial charge in [0.25, 0.3) is 20.0 Å². The van der Waals surface area contributed by atoms with Crippen LogP contribution in [0.3, 0.4) is 0 Å².